The van der Waals surface area contributed by atoms with Crippen LogP contribution in [-0.4, -0.2) is 12.1 Å². The molecule has 0 radical (unpaired) electrons. The van der Waals surface area contributed by atoms with E-state index < -0.39 is 0 Å². The highest BCUT2D eigenvalue weighted by molar-refractivity contribution is 5.82. The minimum absolute atomic E-state index is 0.0605. The first-order valence-electron chi connectivity index (χ1n) is 4.35. The molecule has 2 heteroatoms. The van der Waals surface area contributed by atoms with Crippen molar-refractivity contribution in [3.05, 3.63) is 24.3 Å². The summed E-state index contributed by atoms with van der Waals surface area (Å²) in [6.07, 6.45) is 10.3. The van der Waals surface area contributed by atoms with Crippen LogP contribution < -0.4 is 0 Å². The van der Waals surface area contributed by atoms with Crippen molar-refractivity contribution in [1.82, 2.24) is 0 Å². The van der Waals surface area contributed by atoms with Gasteiger partial charge in [-0.05, 0) is 6.42 Å². The smallest absolute Gasteiger partial charge is 0.330 e. The van der Waals surface area contributed by atoms with Gasteiger partial charge in [0.05, 0.1) is 0 Å². The molecular weight excluding hydrogens is 152 g/mol. The Morgan fingerprint density at radius 2 is 2.50 bits per heavy atom. The second-order valence-corrected chi connectivity index (χ2v) is 2.81. The second-order valence-electron chi connectivity index (χ2n) is 2.81. The van der Waals surface area contributed by atoms with E-state index in [0.29, 0.717) is 0 Å². The van der Waals surface area contributed by atoms with Gasteiger partial charge >= 0.3 is 5.97 Å². The zero-order valence-electron chi connectivity index (χ0n) is 7.32. The Labute approximate surface area is 72.9 Å². The first-order chi connectivity index (χ1) is 5.83. The van der Waals surface area contributed by atoms with E-state index in [1.54, 1.807) is 0 Å². The Morgan fingerprint density at radius 1 is 1.67 bits per heavy atom. The second kappa shape index (κ2) is 4.75. The summed E-state index contributed by atoms with van der Waals surface area (Å²) in [6.45, 7) is 2.09. The van der Waals surface area contributed by atoms with E-state index in [4.69, 9.17) is 4.74 Å². The molecule has 1 unspecified atom stereocenters. The molecule has 0 fully saturated rings. The number of hydrogen-bond acceptors (Lipinski definition) is 2. The van der Waals surface area contributed by atoms with Crippen molar-refractivity contribution in [3.63, 3.8) is 0 Å². The fourth-order valence-electron chi connectivity index (χ4n) is 1.13. The molecule has 0 aromatic carbocycles. The van der Waals surface area contributed by atoms with Crippen molar-refractivity contribution >= 4 is 5.97 Å². The van der Waals surface area contributed by atoms with Gasteiger partial charge in [-0.3, -0.25) is 0 Å². The molecule has 1 aliphatic heterocycles. The minimum Gasteiger partial charge on any atom is -0.459 e. The lowest BCUT2D eigenvalue weighted by Crippen LogP contribution is -2.18. The molecule has 0 aromatic rings. The van der Waals surface area contributed by atoms with Crippen LogP contribution in [-0.2, 0) is 9.53 Å². The average molecular weight is 166 g/mol. The summed E-state index contributed by atoms with van der Waals surface area (Å²) in [5.74, 6) is -0.212. The molecule has 1 aliphatic rings. The van der Waals surface area contributed by atoms with Crippen molar-refractivity contribution in [1.29, 1.82) is 0 Å². The maximum atomic E-state index is 10.8. The third-order valence-electron chi connectivity index (χ3n) is 1.74. The van der Waals surface area contributed by atoms with E-state index in [9.17, 15) is 4.79 Å². The van der Waals surface area contributed by atoms with E-state index in [1.807, 2.05) is 6.08 Å². The number of hydrogen-bond donors (Lipinski definition) is 0. The molecule has 1 atom stereocenters. The largest absolute Gasteiger partial charge is 0.459 e. The number of carbonyl (C=O) groups is 1. The minimum atomic E-state index is -0.212. The lowest BCUT2D eigenvalue weighted by molar-refractivity contribution is -0.143. The Hall–Kier alpha value is -1.05. The van der Waals surface area contributed by atoms with Crippen molar-refractivity contribution in [2.24, 2.45) is 0 Å². The molecular formula is C10H14O2. The lowest BCUT2D eigenvalue weighted by Gasteiger charge is -2.16. The molecule has 0 spiro atoms. The van der Waals surface area contributed by atoms with Gasteiger partial charge in [0.25, 0.3) is 0 Å². The van der Waals surface area contributed by atoms with Gasteiger partial charge in [0.15, 0.2) is 0 Å². The van der Waals surface area contributed by atoms with Gasteiger partial charge in [-0.15, -0.1) is 0 Å². The zero-order valence-corrected chi connectivity index (χ0v) is 7.32. The molecule has 0 N–H and O–H groups in total. The van der Waals surface area contributed by atoms with Gasteiger partial charge in [-0.25, -0.2) is 4.79 Å². The summed E-state index contributed by atoms with van der Waals surface area (Å²) in [6, 6.07) is 0. The highest BCUT2D eigenvalue weighted by atomic mass is 16.5. The highest BCUT2D eigenvalue weighted by Crippen LogP contribution is 2.11. The third kappa shape index (κ3) is 2.91. The molecule has 66 valence electrons. The lowest BCUT2D eigenvalue weighted by atomic mass is 10.1. The number of rotatable bonds is 3. The molecule has 0 aromatic heterocycles. The SMILES string of the molecule is CCC=CCC1CC=CC(=O)O1. The van der Waals surface area contributed by atoms with Crippen LogP contribution in [0.5, 0.6) is 0 Å². The van der Waals surface area contributed by atoms with Gasteiger partial charge in [0, 0.05) is 18.9 Å². The molecule has 1 heterocycles. The van der Waals surface area contributed by atoms with Crippen LogP contribution in [0.2, 0.25) is 0 Å². The molecule has 12 heavy (non-hydrogen) atoms. The maximum Gasteiger partial charge on any atom is 0.330 e. The van der Waals surface area contributed by atoms with Crippen LogP contribution in [0.4, 0.5) is 0 Å². The maximum absolute atomic E-state index is 10.8. The number of carbonyl (C=O) groups excluding carboxylic acids is 1. The third-order valence-corrected chi connectivity index (χ3v) is 1.74. The van der Waals surface area contributed by atoms with Crippen molar-refractivity contribution < 1.29 is 9.53 Å². The quantitative estimate of drug-likeness (QED) is 0.474. The summed E-state index contributed by atoms with van der Waals surface area (Å²) in [7, 11) is 0. The number of ether oxygens (including phenoxy) is 1. The number of cyclic esters (lactones) is 1. The molecule has 2 nitrogen and oxygen atoms in total. The molecule has 0 amide bonds. The van der Waals surface area contributed by atoms with Gasteiger partial charge in [0.1, 0.15) is 6.10 Å². The number of allylic oxidation sites excluding steroid dienone is 1. The van der Waals surface area contributed by atoms with Crippen LogP contribution in [0, 0.1) is 0 Å². The first-order valence-corrected chi connectivity index (χ1v) is 4.35. The fourth-order valence-corrected chi connectivity index (χ4v) is 1.13. The summed E-state index contributed by atoms with van der Waals surface area (Å²) in [5, 5.41) is 0. The van der Waals surface area contributed by atoms with E-state index in [0.717, 1.165) is 19.3 Å². The fraction of sp³-hybridized carbons (Fsp3) is 0.500. The average Bonchev–Trinajstić information content (AvgIpc) is 2.05. The van der Waals surface area contributed by atoms with Crippen LogP contribution in [0.1, 0.15) is 26.2 Å². The monoisotopic (exact) mass is 166 g/mol. The summed E-state index contributed by atoms with van der Waals surface area (Å²) in [4.78, 5) is 10.8. The molecule has 0 saturated heterocycles. The molecule has 0 bridgehead atoms. The normalized spacial score (nSPS) is 23.1. The molecule has 0 saturated carbocycles. The van der Waals surface area contributed by atoms with Gasteiger partial charge in [-0.2, -0.15) is 0 Å². The Kier molecular flexibility index (Phi) is 3.58. The van der Waals surface area contributed by atoms with Gasteiger partial charge in [0.2, 0.25) is 0 Å². The highest BCUT2D eigenvalue weighted by Gasteiger charge is 2.13. The standard InChI is InChI=1S/C10H14O2/c1-2-3-4-6-9-7-5-8-10(11)12-9/h3-5,8-9H,2,6-7H2,1H3. The Morgan fingerprint density at radius 3 is 3.17 bits per heavy atom. The van der Waals surface area contributed by atoms with E-state index >= 15 is 0 Å². The van der Waals surface area contributed by atoms with Gasteiger partial charge < -0.3 is 4.74 Å². The van der Waals surface area contributed by atoms with Crippen LogP contribution in [0.3, 0.4) is 0 Å². The predicted molar refractivity (Wildman–Crippen MR) is 47.7 cm³/mol. The summed E-state index contributed by atoms with van der Waals surface area (Å²) < 4.78 is 5.06. The molecule has 1 rings (SSSR count). The Balaban J connectivity index is 2.30. The van der Waals surface area contributed by atoms with Crippen molar-refractivity contribution in [2.45, 2.75) is 32.3 Å². The van der Waals surface area contributed by atoms with Crippen molar-refractivity contribution in [2.75, 3.05) is 0 Å². The first kappa shape index (κ1) is 9.04. The van der Waals surface area contributed by atoms with Crippen molar-refractivity contribution in [3.8, 4) is 0 Å². The van der Waals surface area contributed by atoms with E-state index in [2.05, 4.69) is 19.1 Å². The summed E-state index contributed by atoms with van der Waals surface area (Å²) in [5.41, 5.74) is 0. The zero-order chi connectivity index (χ0) is 8.81. The van der Waals surface area contributed by atoms with Gasteiger partial charge in [-0.1, -0.05) is 25.2 Å². The topological polar surface area (TPSA) is 26.3 Å². The van der Waals surface area contributed by atoms with Crippen LogP contribution >= 0.6 is 0 Å². The van der Waals surface area contributed by atoms with Crippen LogP contribution in [0.15, 0.2) is 24.3 Å². The predicted octanol–water partition coefficient (Wildman–Crippen LogP) is 2.21. The number of esters is 1. The Bertz CT molecular complexity index is 204. The summed E-state index contributed by atoms with van der Waals surface area (Å²) >= 11 is 0. The molecule has 0 aliphatic carbocycles. The van der Waals surface area contributed by atoms with E-state index in [1.165, 1.54) is 6.08 Å². The van der Waals surface area contributed by atoms with Crippen LogP contribution in [0.25, 0.3) is 0 Å². The van der Waals surface area contributed by atoms with E-state index in [-0.39, 0.29) is 12.1 Å².